The van der Waals surface area contributed by atoms with Gasteiger partial charge in [-0.15, -0.1) is 21.5 Å². The second kappa shape index (κ2) is 7.31. The molecule has 10 heteroatoms. The fourth-order valence-corrected chi connectivity index (χ4v) is 3.63. The Bertz CT molecular complexity index is 997. The molecule has 3 heterocycles. The van der Waals surface area contributed by atoms with Gasteiger partial charge in [0.15, 0.2) is 0 Å². The second-order valence-electron chi connectivity index (χ2n) is 6.20. The molecule has 2 amide bonds. The van der Waals surface area contributed by atoms with Crippen LogP contribution < -0.4 is 11.1 Å². The van der Waals surface area contributed by atoms with Crippen LogP contribution in [0.15, 0.2) is 10.5 Å². The lowest BCUT2D eigenvalue weighted by molar-refractivity contribution is -0.116. The molecular formula is C17H20N6O3S. The Morgan fingerprint density at radius 3 is 2.67 bits per heavy atom. The predicted molar refractivity (Wildman–Crippen MR) is 100 cm³/mol. The van der Waals surface area contributed by atoms with Gasteiger partial charge in [-0.05, 0) is 32.4 Å². The van der Waals surface area contributed by atoms with Crippen LogP contribution in [0.25, 0.3) is 11.6 Å². The number of thiophene rings is 1. The van der Waals surface area contributed by atoms with Crippen LogP contribution in [0.4, 0.5) is 5.00 Å². The lowest BCUT2D eigenvalue weighted by atomic mass is 10.1. The number of hydrogen-bond donors (Lipinski definition) is 2. The SMILES string of the molecule is Cc1sc(NC(=O)CCc2nnc(-c3cc(C)n(C)n3)o2)c(C(N)=O)c1C. The van der Waals surface area contributed by atoms with Crippen molar-refractivity contribution >= 4 is 28.2 Å². The standard InChI is InChI=1S/C17H20N6O3S/c1-8-7-11(22-23(8)4)16-21-20-13(26-16)6-5-12(24)19-17-14(15(18)25)9(2)10(3)27-17/h7H,5-6H2,1-4H3,(H2,18,25)(H,19,24). The van der Waals surface area contributed by atoms with Crippen molar-refractivity contribution in [3.8, 4) is 11.6 Å². The molecule has 0 bridgehead atoms. The lowest BCUT2D eigenvalue weighted by Gasteiger charge is -2.04. The van der Waals surface area contributed by atoms with Gasteiger partial charge in [0.05, 0.1) is 5.56 Å². The van der Waals surface area contributed by atoms with E-state index in [1.807, 2.05) is 27.0 Å². The minimum atomic E-state index is -0.556. The number of nitrogens with two attached hydrogens (primary N) is 1. The number of anilines is 1. The number of aryl methyl sites for hydroxylation is 4. The summed E-state index contributed by atoms with van der Waals surface area (Å²) in [5.41, 5.74) is 8.12. The topological polar surface area (TPSA) is 129 Å². The minimum Gasteiger partial charge on any atom is -0.419 e. The van der Waals surface area contributed by atoms with Gasteiger partial charge in [0.1, 0.15) is 10.7 Å². The molecule has 0 aliphatic heterocycles. The Morgan fingerprint density at radius 2 is 2.04 bits per heavy atom. The number of aromatic nitrogens is 4. The zero-order chi connectivity index (χ0) is 19.7. The van der Waals surface area contributed by atoms with E-state index >= 15 is 0 Å². The first-order valence-electron chi connectivity index (χ1n) is 8.29. The number of nitrogens with zero attached hydrogens (tertiary/aromatic N) is 4. The van der Waals surface area contributed by atoms with Gasteiger partial charge in [0.2, 0.25) is 11.8 Å². The monoisotopic (exact) mass is 388 g/mol. The van der Waals surface area contributed by atoms with Crippen LogP contribution >= 0.6 is 11.3 Å². The lowest BCUT2D eigenvalue weighted by Crippen LogP contribution is -2.17. The molecule has 0 fully saturated rings. The van der Waals surface area contributed by atoms with E-state index in [2.05, 4.69) is 20.6 Å². The largest absolute Gasteiger partial charge is 0.419 e. The Labute approximate surface area is 159 Å². The Kier molecular flexibility index (Phi) is 5.08. The summed E-state index contributed by atoms with van der Waals surface area (Å²) >= 11 is 1.33. The van der Waals surface area contributed by atoms with Crippen molar-refractivity contribution in [2.24, 2.45) is 12.8 Å². The number of nitrogens with one attached hydrogen (secondary N) is 1. The normalized spacial score (nSPS) is 11.0. The second-order valence-corrected chi connectivity index (χ2v) is 7.42. The van der Waals surface area contributed by atoms with E-state index in [0.717, 1.165) is 16.1 Å². The van der Waals surface area contributed by atoms with Crippen molar-refractivity contribution in [1.29, 1.82) is 0 Å². The number of amides is 2. The van der Waals surface area contributed by atoms with Crippen molar-refractivity contribution in [2.45, 2.75) is 33.6 Å². The Balaban J connectivity index is 1.64. The molecule has 0 spiro atoms. The summed E-state index contributed by atoms with van der Waals surface area (Å²) in [7, 11) is 1.83. The third-order valence-electron chi connectivity index (χ3n) is 4.25. The summed E-state index contributed by atoms with van der Waals surface area (Å²) < 4.78 is 7.29. The first-order valence-corrected chi connectivity index (χ1v) is 9.11. The molecule has 27 heavy (non-hydrogen) atoms. The highest BCUT2D eigenvalue weighted by atomic mass is 32.1. The first kappa shape index (κ1) is 18.8. The van der Waals surface area contributed by atoms with E-state index in [1.54, 1.807) is 11.6 Å². The molecule has 0 aliphatic rings. The fourth-order valence-electron chi connectivity index (χ4n) is 2.54. The smallest absolute Gasteiger partial charge is 0.268 e. The van der Waals surface area contributed by atoms with Gasteiger partial charge >= 0.3 is 0 Å². The van der Waals surface area contributed by atoms with E-state index < -0.39 is 5.91 Å². The first-order chi connectivity index (χ1) is 12.8. The molecular weight excluding hydrogens is 368 g/mol. The van der Waals surface area contributed by atoms with E-state index in [1.165, 1.54) is 11.3 Å². The third kappa shape index (κ3) is 3.90. The van der Waals surface area contributed by atoms with Crippen LogP contribution in [-0.2, 0) is 18.3 Å². The van der Waals surface area contributed by atoms with Gasteiger partial charge < -0.3 is 15.5 Å². The molecule has 9 nitrogen and oxygen atoms in total. The van der Waals surface area contributed by atoms with Crippen molar-refractivity contribution in [1.82, 2.24) is 20.0 Å². The zero-order valence-electron chi connectivity index (χ0n) is 15.5. The van der Waals surface area contributed by atoms with Crippen LogP contribution in [0.1, 0.15) is 38.8 Å². The van der Waals surface area contributed by atoms with Crippen molar-refractivity contribution in [3.63, 3.8) is 0 Å². The van der Waals surface area contributed by atoms with Crippen molar-refractivity contribution in [2.75, 3.05) is 5.32 Å². The molecule has 142 valence electrons. The van der Waals surface area contributed by atoms with Gasteiger partial charge in [-0.3, -0.25) is 14.3 Å². The maximum absolute atomic E-state index is 12.2. The highest BCUT2D eigenvalue weighted by molar-refractivity contribution is 7.16. The Morgan fingerprint density at radius 1 is 1.30 bits per heavy atom. The summed E-state index contributed by atoms with van der Waals surface area (Å²) in [5, 5.41) is 15.4. The highest BCUT2D eigenvalue weighted by Gasteiger charge is 2.19. The molecule has 0 aliphatic carbocycles. The molecule has 0 unspecified atom stereocenters. The number of carbonyl (C=O) groups excluding carboxylic acids is 2. The minimum absolute atomic E-state index is 0.136. The summed E-state index contributed by atoms with van der Waals surface area (Å²) in [4.78, 5) is 24.8. The summed E-state index contributed by atoms with van der Waals surface area (Å²) in [6, 6.07) is 1.84. The molecule has 3 rings (SSSR count). The van der Waals surface area contributed by atoms with E-state index in [4.69, 9.17) is 10.2 Å². The van der Waals surface area contributed by atoms with Crippen LogP contribution in [0.3, 0.4) is 0 Å². The molecule has 0 atom stereocenters. The average molecular weight is 388 g/mol. The summed E-state index contributed by atoms with van der Waals surface area (Å²) in [6.45, 7) is 5.61. The summed E-state index contributed by atoms with van der Waals surface area (Å²) in [6.07, 6.45) is 0.414. The zero-order valence-corrected chi connectivity index (χ0v) is 16.3. The highest BCUT2D eigenvalue weighted by Crippen LogP contribution is 2.32. The van der Waals surface area contributed by atoms with Crippen LogP contribution in [0.5, 0.6) is 0 Å². The van der Waals surface area contributed by atoms with Gasteiger partial charge in [0, 0.05) is 30.5 Å². The van der Waals surface area contributed by atoms with Gasteiger partial charge in [-0.1, -0.05) is 0 Å². The van der Waals surface area contributed by atoms with E-state index in [0.29, 0.717) is 28.0 Å². The molecule has 3 N–H and O–H groups in total. The van der Waals surface area contributed by atoms with E-state index in [9.17, 15) is 9.59 Å². The quantitative estimate of drug-likeness (QED) is 0.665. The average Bonchev–Trinajstić information content (AvgIpc) is 3.26. The van der Waals surface area contributed by atoms with Gasteiger partial charge in [-0.2, -0.15) is 5.10 Å². The Hall–Kier alpha value is -3.01. The van der Waals surface area contributed by atoms with E-state index in [-0.39, 0.29) is 18.7 Å². The maximum atomic E-state index is 12.2. The van der Waals surface area contributed by atoms with Crippen LogP contribution in [-0.4, -0.2) is 31.8 Å². The van der Waals surface area contributed by atoms with Crippen molar-refractivity contribution < 1.29 is 14.0 Å². The van der Waals surface area contributed by atoms with Crippen molar-refractivity contribution in [3.05, 3.63) is 33.7 Å². The molecule has 0 aromatic carbocycles. The van der Waals surface area contributed by atoms with Crippen LogP contribution in [0.2, 0.25) is 0 Å². The summed E-state index contributed by atoms with van der Waals surface area (Å²) in [5.74, 6) is -0.154. The van der Waals surface area contributed by atoms with Gasteiger partial charge in [0.25, 0.3) is 11.8 Å². The molecule has 3 aromatic heterocycles. The third-order valence-corrected chi connectivity index (χ3v) is 5.37. The molecule has 0 saturated heterocycles. The molecule has 0 saturated carbocycles. The number of rotatable bonds is 6. The number of hydrogen-bond acceptors (Lipinski definition) is 7. The molecule has 0 radical (unpaired) electrons. The number of primary amides is 1. The fraction of sp³-hybridized carbons (Fsp3) is 0.353. The van der Waals surface area contributed by atoms with Gasteiger partial charge in [-0.25, -0.2) is 0 Å². The maximum Gasteiger partial charge on any atom is 0.268 e. The van der Waals surface area contributed by atoms with Crippen LogP contribution in [0, 0.1) is 20.8 Å². The number of carbonyl (C=O) groups is 2. The molecule has 3 aromatic rings. The predicted octanol–water partition coefficient (Wildman–Crippen LogP) is 2.13.